The largest absolute Gasteiger partial charge is 0.468 e. The van der Waals surface area contributed by atoms with Gasteiger partial charge < -0.3 is 20.1 Å². The highest BCUT2D eigenvalue weighted by Gasteiger charge is 2.15. The van der Waals surface area contributed by atoms with E-state index in [1.54, 1.807) is 0 Å². The van der Waals surface area contributed by atoms with Crippen molar-refractivity contribution in [1.82, 2.24) is 4.90 Å². The van der Waals surface area contributed by atoms with Gasteiger partial charge in [-0.05, 0) is 14.0 Å². The van der Waals surface area contributed by atoms with Crippen molar-refractivity contribution < 1.29 is 14.3 Å². The Kier molecular flexibility index (Phi) is 7.37. The molecule has 0 saturated heterocycles. The van der Waals surface area contributed by atoms with Crippen molar-refractivity contribution in [3.63, 3.8) is 0 Å². The maximum absolute atomic E-state index is 11.0. The van der Waals surface area contributed by atoms with Crippen molar-refractivity contribution in [3.8, 4) is 0 Å². The fourth-order valence-corrected chi connectivity index (χ4v) is 1.02. The zero-order valence-corrected chi connectivity index (χ0v) is 9.16. The molecule has 0 rings (SSSR count). The van der Waals surface area contributed by atoms with Gasteiger partial charge in [-0.15, -0.1) is 0 Å². The van der Waals surface area contributed by atoms with Gasteiger partial charge in [0, 0.05) is 19.7 Å². The van der Waals surface area contributed by atoms with Crippen LogP contribution in [0.2, 0.25) is 0 Å². The number of ether oxygens (including phenoxy) is 2. The number of carbonyl (C=O) groups is 1. The van der Waals surface area contributed by atoms with Gasteiger partial charge in [0.15, 0.2) is 0 Å². The highest BCUT2D eigenvalue weighted by atomic mass is 16.5. The molecule has 0 aromatic carbocycles. The second-order valence-corrected chi connectivity index (χ2v) is 3.09. The maximum Gasteiger partial charge on any atom is 0.323 e. The lowest BCUT2D eigenvalue weighted by Crippen LogP contribution is -2.42. The Morgan fingerprint density at radius 3 is 2.71 bits per heavy atom. The number of esters is 1. The second-order valence-electron chi connectivity index (χ2n) is 3.09. The molecule has 0 amide bonds. The number of hydrogen-bond donors (Lipinski definition) is 1. The number of nitrogens with zero attached hydrogens (tertiary/aromatic N) is 1. The van der Waals surface area contributed by atoms with Gasteiger partial charge in [-0.25, -0.2) is 0 Å². The van der Waals surface area contributed by atoms with Crippen molar-refractivity contribution >= 4 is 5.97 Å². The Morgan fingerprint density at radius 1 is 1.57 bits per heavy atom. The lowest BCUT2D eigenvalue weighted by atomic mass is 10.3. The van der Waals surface area contributed by atoms with Crippen molar-refractivity contribution in [3.05, 3.63) is 0 Å². The topological polar surface area (TPSA) is 64.8 Å². The minimum atomic E-state index is -0.577. The van der Waals surface area contributed by atoms with Gasteiger partial charge in [0.1, 0.15) is 6.04 Å². The zero-order valence-electron chi connectivity index (χ0n) is 9.16. The summed E-state index contributed by atoms with van der Waals surface area (Å²) >= 11 is 0. The van der Waals surface area contributed by atoms with Crippen LogP contribution in [0, 0.1) is 0 Å². The minimum Gasteiger partial charge on any atom is -0.468 e. The van der Waals surface area contributed by atoms with Gasteiger partial charge in [0.25, 0.3) is 0 Å². The molecule has 0 saturated carbocycles. The van der Waals surface area contributed by atoms with Crippen LogP contribution >= 0.6 is 0 Å². The lowest BCUT2D eigenvalue weighted by molar-refractivity contribution is -0.142. The molecule has 0 aromatic heterocycles. The van der Waals surface area contributed by atoms with Gasteiger partial charge in [0.2, 0.25) is 0 Å². The molecule has 0 aliphatic carbocycles. The second kappa shape index (κ2) is 7.73. The van der Waals surface area contributed by atoms with Gasteiger partial charge in [-0.2, -0.15) is 0 Å². The Bertz CT molecular complexity index is 164. The van der Waals surface area contributed by atoms with Gasteiger partial charge in [0.05, 0.1) is 13.7 Å². The van der Waals surface area contributed by atoms with E-state index in [9.17, 15) is 4.79 Å². The highest BCUT2D eigenvalue weighted by Crippen LogP contribution is 1.89. The molecule has 0 heterocycles. The Labute approximate surface area is 85.1 Å². The highest BCUT2D eigenvalue weighted by molar-refractivity contribution is 5.75. The zero-order chi connectivity index (χ0) is 11.0. The van der Waals surface area contributed by atoms with Crippen LogP contribution < -0.4 is 5.73 Å². The fourth-order valence-electron chi connectivity index (χ4n) is 1.02. The molecule has 0 fully saturated rings. The third kappa shape index (κ3) is 5.90. The summed E-state index contributed by atoms with van der Waals surface area (Å²) in [6, 6.07) is -0.577. The van der Waals surface area contributed by atoms with E-state index in [2.05, 4.69) is 4.74 Å². The van der Waals surface area contributed by atoms with Gasteiger partial charge >= 0.3 is 5.97 Å². The van der Waals surface area contributed by atoms with E-state index in [0.717, 1.165) is 6.54 Å². The predicted molar refractivity (Wildman–Crippen MR) is 54.0 cm³/mol. The fraction of sp³-hybridized carbons (Fsp3) is 0.889. The van der Waals surface area contributed by atoms with Crippen LogP contribution in [0.25, 0.3) is 0 Å². The van der Waals surface area contributed by atoms with Crippen LogP contribution in [-0.4, -0.2) is 57.4 Å². The summed E-state index contributed by atoms with van der Waals surface area (Å²) in [4.78, 5) is 12.9. The third-order valence-electron chi connectivity index (χ3n) is 1.83. The van der Waals surface area contributed by atoms with E-state index >= 15 is 0 Å². The summed E-state index contributed by atoms with van der Waals surface area (Å²) in [5.74, 6) is -0.381. The Hall–Kier alpha value is -0.650. The summed E-state index contributed by atoms with van der Waals surface area (Å²) in [7, 11) is 3.23. The summed E-state index contributed by atoms with van der Waals surface area (Å²) in [5, 5.41) is 0. The first-order chi connectivity index (χ1) is 6.61. The maximum atomic E-state index is 11.0. The van der Waals surface area contributed by atoms with Gasteiger partial charge in [-0.1, -0.05) is 0 Å². The first-order valence-electron chi connectivity index (χ1n) is 4.71. The van der Waals surface area contributed by atoms with E-state index in [-0.39, 0.29) is 5.97 Å². The summed E-state index contributed by atoms with van der Waals surface area (Å²) in [6.45, 7) is 4.55. The lowest BCUT2D eigenvalue weighted by Gasteiger charge is -2.19. The SMILES string of the molecule is CCOCCN(C)CC(N)C(=O)OC. The van der Waals surface area contributed by atoms with Crippen LogP contribution in [0.4, 0.5) is 0 Å². The third-order valence-corrected chi connectivity index (χ3v) is 1.83. The Morgan fingerprint density at radius 2 is 2.21 bits per heavy atom. The molecular formula is C9H20N2O3. The number of nitrogens with two attached hydrogens (primary N) is 1. The smallest absolute Gasteiger partial charge is 0.323 e. The number of likely N-dealkylation sites (N-methyl/N-ethyl adjacent to an activating group) is 1. The van der Waals surface area contributed by atoms with Crippen LogP contribution in [-0.2, 0) is 14.3 Å². The molecule has 0 radical (unpaired) electrons. The van der Waals surface area contributed by atoms with E-state index in [1.165, 1.54) is 7.11 Å². The van der Waals surface area contributed by atoms with E-state index in [0.29, 0.717) is 19.8 Å². The summed E-state index contributed by atoms with van der Waals surface area (Å²) in [5.41, 5.74) is 5.58. The first-order valence-corrected chi connectivity index (χ1v) is 4.71. The molecule has 14 heavy (non-hydrogen) atoms. The molecule has 0 spiro atoms. The number of hydrogen-bond acceptors (Lipinski definition) is 5. The van der Waals surface area contributed by atoms with Crippen molar-refractivity contribution in [2.75, 3.05) is 40.5 Å². The normalized spacial score (nSPS) is 12.9. The minimum absolute atomic E-state index is 0.381. The van der Waals surface area contributed by atoms with E-state index < -0.39 is 6.04 Å². The quantitative estimate of drug-likeness (QED) is 0.445. The standard InChI is InChI=1S/C9H20N2O3/c1-4-14-6-5-11(2)7-8(10)9(12)13-3/h8H,4-7,10H2,1-3H3. The molecule has 1 atom stereocenters. The van der Waals surface area contributed by atoms with E-state index in [4.69, 9.17) is 10.5 Å². The molecule has 0 bridgehead atoms. The average molecular weight is 204 g/mol. The van der Waals surface area contributed by atoms with Crippen LogP contribution in [0.15, 0.2) is 0 Å². The molecular weight excluding hydrogens is 184 g/mol. The van der Waals surface area contributed by atoms with Crippen LogP contribution in [0.1, 0.15) is 6.92 Å². The molecule has 0 aliphatic heterocycles. The predicted octanol–water partition coefficient (Wildman–Crippen LogP) is -0.545. The molecule has 1 unspecified atom stereocenters. The summed E-state index contributed by atoms with van der Waals surface area (Å²) in [6.07, 6.45) is 0. The molecule has 0 aliphatic rings. The van der Waals surface area contributed by atoms with Crippen molar-refractivity contribution in [1.29, 1.82) is 0 Å². The number of methoxy groups -OCH3 is 1. The first kappa shape index (κ1) is 13.4. The molecule has 2 N–H and O–H groups in total. The summed E-state index contributed by atoms with van der Waals surface area (Å²) < 4.78 is 9.69. The Balaban J connectivity index is 3.59. The molecule has 84 valence electrons. The molecule has 0 aromatic rings. The van der Waals surface area contributed by atoms with Crippen molar-refractivity contribution in [2.24, 2.45) is 5.73 Å². The number of rotatable bonds is 7. The van der Waals surface area contributed by atoms with Gasteiger partial charge in [-0.3, -0.25) is 4.79 Å². The van der Waals surface area contributed by atoms with Crippen LogP contribution in [0.5, 0.6) is 0 Å². The molecule has 5 heteroatoms. The average Bonchev–Trinajstić information content (AvgIpc) is 2.16. The monoisotopic (exact) mass is 204 g/mol. The van der Waals surface area contributed by atoms with Crippen molar-refractivity contribution in [2.45, 2.75) is 13.0 Å². The van der Waals surface area contributed by atoms with E-state index in [1.807, 2.05) is 18.9 Å². The molecule has 5 nitrogen and oxygen atoms in total. The number of carbonyl (C=O) groups excluding carboxylic acids is 1. The van der Waals surface area contributed by atoms with Crippen LogP contribution in [0.3, 0.4) is 0 Å².